The molecule has 4 nitrogen and oxygen atoms in total. The second-order valence-electron chi connectivity index (χ2n) is 14.6. The zero-order valence-electron chi connectivity index (χ0n) is 29.4. The number of carbonyl (C=O) groups excluding carboxylic acids is 4. The Balaban J connectivity index is 1.09. The molecule has 0 amide bonds. The first-order chi connectivity index (χ1) is 25.4. The van der Waals surface area contributed by atoms with Gasteiger partial charge >= 0.3 is 0 Å². The highest BCUT2D eigenvalue weighted by molar-refractivity contribution is 7.23. The summed E-state index contributed by atoms with van der Waals surface area (Å²) in [6, 6.07) is 8.90. The molecule has 0 fully saturated rings. The van der Waals surface area contributed by atoms with E-state index in [9.17, 15) is 32.3 Å². The molecule has 4 aromatic rings. The number of halogens is 3. The minimum absolute atomic E-state index is 0.00945. The SMILES string of the molecule is CCC1(CC)c2cc(C3=CC(=C4C(=O)c5cc(F)c(F)cc5C4=O)CCC3)sc2-c2sc(C3=C/C(=C4/C(=O)c5cc(C)c(F)cc5C4=O)CCC3)cc21. The topological polar surface area (TPSA) is 68.3 Å². The molecule has 0 bridgehead atoms. The summed E-state index contributed by atoms with van der Waals surface area (Å²) in [5.74, 6) is -4.62. The maximum Gasteiger partial charge on any atom is 0.198 e. The maximum absolute atomic E-state index is 14.4. The van der Waals surface area contributed by atoms with Crippen molar-refractivity contribution in [2.45, 2.75) is 77.6 Å². The van der Waals surface area contributed by atoms with E-state index < -0.39 is 34.8 Å². The van der Waals surface area contributed by atoms with E-state index in [0.717, 1.165) is 71.6 Å². The third-order valence-corrected chi connectivity index (χ3v) is 14.5. The standard InChI is InChI=1S/C44H33F3O4S2/c1-4-44(5-2)29-18-34(21-8-6-10-23(13-21)36-38(48)25-12-20(3)31(45)15-26(25)39(36)49)52-42(29)43-30(44)19-35(53-43)22-9-7-11-24(14-22)37-40(50)27-16-32(46)33(47)17-28(27)41(37)51/h12-19H,4-11H2,1-3H3/b36-23-. The van der Waals surface area contributed by atoms with Gasteiger partial charge in [0.15, 0.2) is 34.8 Å². The van der Waals surface area contributed by atoms with Crippen molar-refractivity contribution >= 4 is 57.0 Å². The Kier molecular flexibility index (Phi) is 7.81. The van der Waals surface area contributed by atoms with E-state index >= 15 is 0 Å². The van der Waals surface area contributed by atoms with Crippen LogP contribution in [0.15, 0.2) is 70.8 Å². The van der Waals surface area contributed by atoms with Crippen molar-refractivity contribution in [2.75, 3.05) is 0 Å². The van der Waals surface area contributed by atoms with Crippen LogP contribution in [-0.4, -0.2) is 23.1 Å². The average molecular weight is 747 g/mol. The van der Waals surface area contributed by atoms with Crippen LogP contribution in [0.25, 0.3) is 20.9 Å². The van der Waals surface area contributed by atoms with Crippen LogP contribution in [0.2, 0.25) is 0 Å². The van der Waals surface area contributed by atoms with Gasteiger partial charge in [0.25, 0.3) is 0 Å². The number of thiophene rings is 2. The van der Waals surface area contributed by atoms with Crippen LogP contribution in [0, 0.1) is 24.4 Å². The summed E-state index contributed by atoms with van der Waals surface area (Å²) in [5, 5.41) is 0. The molecule has 53 heavy (non-hydrogen) atoms. The molecule has 0 aliphatic heterocycles. The average Bonchev–Trinajstić information content (AvgIpc) is 3.93. The lowest BCUT2D eigenvalue weighted by atomic mass is 9.74. The quantitative estimate of drug-likeness (QED) is 0.154. The fourth-order valence-electron chi connectivity index (χ4n) is 9.04. The Morgan fingerprint density at radius 1 is 0.566 bits per heavy atom. The molecule has 0 unspecified atom stereocenters. The smallest absolute Gasteiger partial charge is 0.198 e. The first-order valence-corrected chi connectivity index (χ1v) is 19.7. The van der Waals surface area contributed by atoms with Crippen molar-refractivity contribution < 1.29 is 32.3 Å². The summed E-state index contributed by atoms with van der Waals surface area (Å²) in [6.07, 6.45) is 10.0. The predicted octanol–water partition coefficient (Wildman–Crippen LogP) is 11.5. The molecular weight excluding hydrogens is 714 g/mol. The highest BCUT2D eigenvalue weighted by Crippen LogP contribution is 2.60. The highest BCUT2D eigenvalue weighted by atomic mass is 32.1. The number of ketones is 4. The van der Waals surface area contributed by atoms with Gasteiger partial charge in [0.05, 0.1) is 11.1 Å². The second-order valence-corrected chi connectivity index (χ2v) is 16.7. The van der Waals surface area contributed by atoms with Crippen LogP contribution in [0.3, 0.4) is 0 Å². The zero-order valence-corrected chi connectivity index (χ0v) is 31.0. The van der Waals surface area contributed by atoms with Crippen LogP contribution >= 0.6 is 22.7 Å². The van der Waals surface area contributed by atoms with Crippen LogP contribution in [0.1, 0.15) is 133 Å². The molecule has 0 atom stereocenters. The highest BCUT2D eigenvalue weighted by Gasteiger charge is 2.45. The van der Waals surface area contributed by atoms with Gasteiger partial charge in [0.1, 0.15) is 5.82 Å². The summed E-state index contributed by atoms with van der Waals surface area (Å²) in [7, 11) is 0. The summed E-state index contributed by atoms with van der Waals surface area (Å²) >= 11 is 3.46. The number of allylic oxidation sites excluding steroid dienone is 8. The van der Waals surface area contributed by atoms with Crippen LogP contribution in [-0.2, 0) is 5.41 Å². The summed E-state index contributed by atoms with van der Waals surface area (Å²) in [4.78, 5) is 58.2. The van der Waals surface area contributed by atoms with E-state index in [2.05, 4.69) is 26.0 Å². The van der Waals surface area contributed by atoms with Gasteiger partial charge in [-0.3, -0.25) is 19.2 Å². The molecular formula is C44H33F3O4S2. The molecule has 0 spiro atoms. The van der Waals surface area contributed by atoms with E-state index in [1.54, 1.807) is 29.6 Å². The van der Waals surface area contributed by atoms with Crippen molar-refractivity contribution in [1.29, 1.82) is 0 Å². The van der Waals surface area contributed by atoms with E-state index in [4.69, 9.17) is 0 Å². The lowest BCUT2D eigenvalue weighted by Gasteiger charge is -2.28. The first-order valence-electron chi connectivity index (χ1n) is 18.1. The molecule has 2 aromatic carbocycles. The third kappa shape index (κ3) is 4.85. The van der Waals surface area contributed by atoms with Crippen molar-refractivity contribution in [1.82, 2.24) is 0 Å². The molecule has 0 radical (unpaired) electrons. The van der Waals surface area contributed by atoms with E-state index in [0.29, 0.717) is 29.6 Å². The molecule has 9 heteroatoms. The van der Waals surface area contributed by atoms with Crippen molar-refractivity contribution in [3.63, 3.8) is 0 Å². The van der Waals surface area contributed by atoms with Gasteiger partial charge in [-0.05, 0) is 134 Å². The minimum Gasteiger partial charge on any atom is -0.288 e. The number of rotatable bonds is 4. The summed E-state index contributed by atoms with van der Waals surface area (Å²) in [5.41, 5.74) is 6.59. The summed E-state index contributed by atoms with van der Waals surface area (Å²) < 4.78 is 42.4. The largest absolute Gasteiger partial charge is 0.288 e. The van der Waals surface area contributed by atoms with Crippen LogP contribution in [0.4, 0.5) is 13.2 Å². The number of carbonyl (C=O) groups is 4. The van der Waals surface area contributed by atoms with Gasteiger partial charge in [0, 0.05) is 47.2 Å². The van der Waals surface area contributed by atoms with Gasteiger partial charge < -0.3 is 0 Å². The third-order valence-electron chi connectivity index (χ3n) is 11.9. The number of hydrogen-bond acceptors (Lipinski definition) is 6. The van der Waals surface area contributed by atoms with Gasteiger partial charge in [-0.2, -0.15) is 0 Å². The number of Topliss-reactive ketones (excluding diaryl/α,β-unsaturated/α-hetero) is 4. The molecule has 2 aromatic heterocycles. The fraction of sp³-hybridized carbons (Fsp3) is 0.273. The number of benzene rings is 2. The molecule has 2 heterocycles. The zero-order chi connectivity index (χ0) is 37.1. The second kappa shape index (κ2) is 12.1. The Morgan fingerprint density at radius 3 is 1.38 bits per heavy atom. The van der Waals surface area contributed by atoms with Crippen molar-refractivity contribution in [3.8, 4) is 9.75 Å². The minimum atomic E-state index is -1.15. The summed E-state index contributed by atoms with van der Waals surface area (Å²) in [6.45, 7) is 6.01. The Labute approximate surface area is 312 Å². The Hall–Kier alpha value is -4.73. The van der Waals surface area contributed by atoms with Crippen molar-refractivity contribution in [2.24, 2.45) is 0 Å². The van der Waals surface area contributed by atoms with Crippen LogP contribution in [0.5, 0.6) is 0 Å². The monoisotopic (exact) mass is 746 g/mol. The number of hydrogen-bond donors (Lipinski definition) is 0. The van der Waals surface area contributed by atoms with E-state index in [1.807, 2.05) is 12.2 Å². The van der Waals surface area contributed by atoms with Crippen molar-refractivity contribution in [3.05, 3.63) is 137 Å². The van der Waals surface area contributed by atoms with E-state index in [-0.39, 0.29) is 44.6 Å². The number of aryl methyl sites for hydroxylation is 1. The lowest BCUT2D eigenvalue weighted by Crippen LogP contribution is -2.22. The molecule has 0 saturated carbocycles. The Bertz CT molecular complexity index is 2290. The molecule has 5 aliphatic rings. The molecule has 9 rings (SSSR count). The van der Waals surface area contributed by atoms with Gasteiger partial charge in [-0.25, -0.2) is 13.2 Å². The molecule has 266 valence electrons. The Morgan fingerprint density at radius 2 is 0.962 bits per heavy atom. The van der Waals surface area contributed by atoms with Gasteiger partial charge in [-0.1, -0.05) is 26.0 Å². The maximum atomic E-state index is 14.4. The van der Waals surface area contributed by atoms with E-state index in [1.165, 1.54) is 33.0 Å². The molecule has 0 saturated heterocycles. The molecule has 5 aliphatic carbocycles. The molecule has 0 N–H and O–H groups in total. The number of fused-ring (bicyclic) bond motifs is 5. The predicted molar refractivity (Wildman–Crippen MR) is 202 cm³/mol. The first kappa shape index (κ1) is 34.1. The normalized spacial score (nSPS) is 20.2. The lowest BCUT2D eigenvalue weighted by molar-refractivity contribution is 0.0971. The fourth-order valence-corrected chi connectivity index (χ4v) is 11.8. The van der Waals surface area contributed by atoms with Gasteiger partial charge in [0.2, 0.25) is 0 Å². The van der Waals surface area contributed by atoms with Crippen LogP contribution < -0.4 is 0 Å². The van der Waals surface area contributed by atoms with Gasteiger partial charge in [-0.15, -0.1) is 22.7 Å².